The van der Waals surface area contributed by atoms with E-state index in [4.69, 9.17) is 39.4 Å². The van der Waals surface area contributed by atoms with E-state index in [0.717, 1.165) is 0 Å². The lowest BCUT2D eigenvalue weighted by molar-refractivity contribution is 0.100. The van der Waals surface area contributed by atoms with Crippen LogP contribution in [0.15, 0.2) is 30.3 Å². The van der Waals surface area contributed by atoms with E-state index in [2.05, 4.69) is 5.32 Å². The first-order chi connectivity index (χ1) is 9.92. The van der Waals surface area contributed by atoms with Crippen LogP contribution in [0.25, 0.3) is 0 Å². The van der Waals surface area contributed by atoms with E-state index in [1.807, 2.05) is 0 Å². The lowest BCUT2D eigenvalue weighted by Crippen LogP contribution is -2.14. The van der Waals surface area contributed by atoms with Crippen molar-refractivity contribution in [3.63, 3.8) is 0 Å². The number of amides is 1. The van der Waals surface area contributed by atoms with E-state index in [-0.39, 0.29) is 10.6 Å². The highest BCUT2D eigenvalue weighted by molar-refractivity contribution is 6.34. The first-order valence-electron chi connectivity index (χ1n) is 5.91. The zero-order chi connectivity index (χ0) is 15.6. The molecule has 2 aromatic rings. The van der Waals surface area contributed by atoms with Crippen molar-refractivity contribution < 1.29 is 9.53 Å². The van der Waals surface area contributed by atoms with Crippen molar-refractivity contribution in [1.82, 2.24) is 0 Å². The van der Waals surface area contributed by atoms with Gasteiger partial charge in [0.25, 0.3) is 5.91 Å². The molecule has 5 nitrogen and oxygen atoms in total. The van der Waals surface area contributed by atoms with Gasteiger partial charge in [-0.3, -0.25) is 4.79 Å². The Morgan fingerprint density at radius 1 is 1.19 bits per heavy atom. The normalized spacial score (nSPS) is 10.2. The van der Waals surface area contributed by atoms with E-state index in [1.165, 1.54) is 19.2 Å². The second-order valence-electron chi connectivity index (χ2n) is 4.26. The third-order valence-corrected chi connectivity index (χ3v) is 3.41. The molecule has 0 radical (unpaired) electrons. The van der Waals surface area contributed by atoms with Gasteiger partial charge in [-0.1, -0.05) is 23.2 Å². The predicted octanol–water partition coefficient (Wildman–Crippen LogP) is 3.43. The molecule has 0 saturated carbocycles. The summed E-state index contributed by atoms with van der Waals surface area (Å²) >= 11 is 12.1. The molecule has 7 heteroatoms. The van der Waals surface area contributed by atoms with Crippen molar-refractivity contribution in [2.75, 3.05) is 18.2 Å². The van der Waals surface area contributed by atoms with Gasteiger partial charge in [0.15, 0.2) is 0 Å². The van der Waals surface area contributed by atoms with Crippen LogP contribution in [0.2, 0.25) is 10.0 Å². The van der Waals surface area contributed by atoms with E-state index >= 15 is 0 Å². The fraction of sp³-hybridized carbons (Fsp3) is 0.0714. The van der Waals surface area contributed by atoms with Crippen LogP contribution in [0.1, 0.15) is 10.4 Å². The van der Waals surface area contributed by atoms with Crippen LogP contribution in [-0.2, 0) is 0 Å². The lowest BCUT2D eigenvalue weighted by Gasteiger charge is -2.14. The number of anilines is 3. The topological polar surface area (TPSA) is 90.4 Å². The minimum absolute atomic E-state index is 0.203. The third-order valence-electron chi connectivity index (χ3n) is 2.80. The molecule has 0 aliphatic carbocycles. The molecule has 0 aliphatic heterocycles. The molecule has 2 aromatic carbocycles. The number of halogens is 2. The van der Waals surface area contributed by atoms with Gasteiger partial charge in [0.2, 0.25) is 0 Å². The minimum atomic E-state index is -0.632. The number of hydrogen-bond acceptors (Lipinski definition) is 4. The number of methoxy groups -OCH3 is 1. The number of carbonyl (C=O) groups excluding carboxylic acids is 1. The van der Waals surface area contributed by atoms with Gasteiger partial charge in [0.1, 0.15) is 5.75 Å². The Morgan fingerprint density at radius 3 is 2.52 bits per heavy atom. The van der Waals surface area contributed by atoms with Gasteiger partial charge in [-0.15, -0.1) is 0 Å². The lowest BCUT2D eigenvalue weighted by atomic mass is 10.1. The van der Waals surface area contributed by atoms with Crippen LogP contribution in [0.4, 0.5) is 17.1 Å². The summed E-state index contributed by atoms with van der Waals surface area (Å²) in [5, 5.41) is 3.79. The number of carbonyl (C=O) groups is 1. The van der Waals surface area contributed by atoms with Crippen LogP contribution in [0.5, 0.6) is 5.75 Å². The zero-order valence-corrected chi connectivity index (χ0v) is 12.6. The Balaban J connectivity index is 2.46. The van der Waals surface area contributed by atoms with Gasteiger partial charge in [-0.25, -0.2) is 0 Å². The minimum Gasteiger partial charge on any atom is -0.495 e. The average Bonchev–Trinajstić information content (AvgIpc) is 2.43. The Hall–Kier alpha value is -2.11. The SMILES string of the molecule is COc1cc(Nc2c(Cl)cc(N)cc2C(N)=O)ccc1Cl. The number of rotatable bonds is 4. The van der Waals surface area contributed by atoms with Crippen molar-refractivity contribution in [3.8, 4) is 5.75 Å². The molecule has 0 unspecified atom stereocenters. The maximum absolute atomic E-state index is 11.5. The second-order valence-corrected chi connectivity index (χ2v) is 5.08. The molecule has 0 bridgehead atoms. The van der Waals surface area contributed by atoms with Crippen molar-refractivity contribution in [2.45, 2.75) is 0 Å². The number of benzene rings is 2. The van der Waals surface area contributed by atoms with Crippen molar-refractivity contribution >= 4 is 46.2 Å². The number of hydrogen-bond donors (Lipinski definition) is 3. The third kappa shape index (κ3) is 3.32. The second kappa shape index (κ2) is 6.11. The van der Waals surface area contributed by atoms with Gasteiger partial charge in [-0.2, -0.15) is 0 Å². The Morgan fingerprint density at radius 2 is 1.90 bits per heavy atom. The fourth-order valence-electron chi connectivity index (χ4n) is 1.83. The molecular formula is C14H13Cl2N3O2. The molecule has 5 N–H and O–H groups in total. The van der Waals surface area contributed by atoms with Gasteiger partial charge < -0.3 is 21.5 Å². The molecule has 1 amide bonds. The molecule has 110 valence electrons. The van der Waals surface area contributed by atoms with Crippen molar-refractivity contribution in [3.05, 3.63) is 45.9 Å². The highest BCUT2D eigenvalue weighted by Crippen LogP contribution is 2.34. The summed E-state index contributed by atoms with van der Waals surface area (Å²) in [6, 6.07) is 8.06. The molecule has 0 atom stereocenters. The molecular weight excluding hydrogens is 313 g/mol. The Labute approximate surface area is 131 Å². The predicted molar refractivity (Wildman–Crippen MR) is 85.7 cm³/mol. The van der Waals surface area contributed by atoms with E-state index in [0.29, 0.717) is 27.8 Å². The highest BCUT2D eigenvalue weighted by Gasteiger charge is 2.14. The summed E-state index contributed by atoms with van der Waals surface area (Å²) in [5.74, 6) is -0.138. The largest absolute Gasteiger partial charge is 0.495 e. The zero-order valence-electron chi connectivity index (χ0n) is 11.1. The molecule has 0 aromatic heterocycles. The van der Waals surface area contributed by atoms with Gasteiger partial charge in [0, 0.05) is 17.4 Å². The standard InChI is InChI=1S/C14H13Cl2N3O2/c1-21-12-6-8(2-3-10(12)15)19-13-9(14(18)20)4-7(17)5-11(13)16/h2-6,19H,17H2,1H3,(H2,18,20). The van der Waals surface area contributed by atoms with E-state index in [1.54, 1.807) is 18.2 Å². The van der Waals surface area contributed by atoms with Crippen molar-refractivity contribution in [2.24, 2.45) is 5.73 Å². The summed E-state index contributed by atoms with van der Waals surface area (Å²) < 4.78 is 5.13. The summed E-state index contributed by atoms with van der Waals surface area (Å²) in [4.78, 5) is 11.5. The molecule has 2 rings (SSSR count). The fourth-order valence-corrected chi connectivity index (χ4v) is 2.30. The number of ether oxygens (including phenoxy) is 1. The van der Waals surface area contributed by atoms with E-state index < -0.39 is 5.91 Å². The number of nitrogens with two attached hydrogens (primary N) is 2. The number of nitrogens with one attached hydrogen (secondary N) is 1. The molecule has 0 spiro atoms. The van der Waals surface area contributed by atoms with Gasteiger partial charge in [-0.05, 0) is 24.3 Å². The molecule has 21 heavy (non-hydrogen) atoms. The molecule has 0 saturated heterocycles. The van der Waals surface area contributed by atoms with Crippen molar-refractivity contribution in [1.29, 1.82) is 0 Å². The average molecular weight is 326 g/mol. The maximum atomic E-state index is 11.5. The first kappa shape index (κ1) is 15.3. The first-order valence-corrected chi connectivity index (χ1v) is 6.67. The van der Waals surface area contributed by atoms with Gasteiger partial charge >= 0.3 is 0 Å². The molecule has 0 fully saturated rings. The Kier molecular flexibility index (Phi) is 4.45. The highest BCUT2D eigenvalue weighted by atomic mass is 35.5. The summed E-state index contributed by atoms with van der Waals surface area (Å²) in [6.45, 7) is 0. The van der Waals surface area contributed by atoms with Crippen LogP contribution < -0.4 is 21.5 Å². The van der Waals surface area contributed by atoms with Crippen LogP contribution >= 0.6 is 23.2 Å². The van der Waals surface area contributed by atoms with Crippen LogP contribution in [0, 0.1) is 0 Å². The summed E-state index contributed by atoms with van der Waals surface area (Å²) in [7, 11) is 1.51. The molecule has 0 heterocycles. The Bertz CT molecular complexity index is 705. The quantitative estimate of drug-likeness (QED) is 0.751. The van der Waals surface area contributed by atoms with Crippen LogP contribution in [-0.4, -0.2) is 13.0 Å². The smallest absolute Gasteiger partial charge is 0.250 e. The number of primary amides is 1. The van der Waals surface area contributed by atoms with Crippen LogP contribution in [0.3, 0.4) is 0 Å². The van der Waals surface area contributed by atoms with E-state index in [9.17, 15) is 4.79 Å². The summed E-state index contributed by atoms with van der Waals surface area (Å²) in [6.07, 6.45) is 0. The number of nitrogen functional groups attached to an aromatic ring is 1. The monoisotopic (exact) mass is 325 g/mol. The maximum Gasteiger partial charge on any atom is 0.250 e. The molecule has 0 aliphatic rings. The van der Waals surface area contributed by atoms with Gasteiger partial charge in [0.05, 0.1) is 28.4 Å². The summed E-state index contributed by atoms with van der Waals surface area (Å²) in [5.41, 5.74) is 12.6.